The third-order valence-corrected chi connectivity index (χ3v) is 4.81. The van der Waals surface area contributed by atoms with Gasteiger partial charge >= 0.3 is 0 Å². The molecule has 0 aliphatic rings. The van der Waals surface area contributed by atoms with Gasteiger partial charge in [0.25, 0.3) is 5.91 Å². The Labute approximate surface area is 175 Å². The molecule has 0 aliphatic heterocycles. The molecule has 1 aromatic carbocycles. The van der Waals surface area contributed by atoms with E-state index < -0.39 is 5.91 Å². The second kappa shape index (κ2) is 9.39. The number of hydrogen-bond acceptors (Lipinski definition) is 8. The number of aromatic nitrogens is 5. The number of halogens is 1. The molecule has 0 unspecified atom stereocenters. The van der Waals surface area contributed by atoms with Crippen molar-refractivity contribution in [3.8, 4) is 5.82 Å². The van der Waals surface area contributed by atoms with E-state index in [1.807, 2.05) is 24.3 Å². The van der Waals surface area contributed by atoms with Gasteiger partial charge in [-0.25, -0.2) is 10.1 Å². The van der Waals surface area contributed by atoms with Crippen LogP contribution in [0.5, 0.6) is 0 Å². The van der Waals surface area contributed by atoms with Gasteiger partial charge in [0.05, 0.1) is 19.3 Å². The average molecular weight is 463 g/mol. The van der Waals surface area contributed by atoms with Crippen LogP contribution in [0.3, 0.4) is 0 Å². The fraction of sp³-hybridized carbons (Fsp3) is 0.294. The summed E-state index contributed by atoms with van der Waals surface area (Å²) in [5, 5.41) is 19.4. The van der Waals surface area contributed by atoms with Crippen molar-refractivity contribution in [3.05, 3.63) is 45.7 Å². The van der Waals surface area contributed by atoms with Crippen molar-refractivity contribution in [1.82, 2.24) is 30.7 Å². The van der Waals surface area contributed by atoms with E-state index in [9.17, 15) is 4.79 Å². The zero-order valence-electron chi connectivity index (χ0n) is 16.0. The molecule has 4 N–H and O–H groups in total. The molecule has 2 aromatic heterocycles. The number of nitrogens with one attached hydrogen (secondary N) is 2. The van der Waals surface area contributed by atoms with Gasteiger partial charge in [-0.05, 0) is 41.9 Å². The third kappa shape index (κ3) is 4.84. The number of nitrogens with two attached hydrogens (primary N) is 1. The number of nitrogen functional groups attached to an aromatic ring is 1. The highest BCUT2D eigenvalue weighted by Gasteiger charge is 2.26. The lowest BCUT2D eigenvalue weighted by atomic mass is 10.2. The Morgan fingerprint density at radius 1 is 1.38 bits per heavy atom. The van der Waals surface area contributed by atoms with Crippen LogP contribution in [0.25, 0.3) is 5.82 Å². The summed E-state index contributed by atoms with van der Waals surface area (Å²) in [6.45, 7) is 6.32. The van der Waals surface area contributed by atoms with Gasteiger partial charge in [-0.3, -0.25) is 4.79 Å². The maximum atomic E-state index is 12.7. The number of nitrogens with zero attached hydrogens (tertiary/aromatic N) is 6. The van der Waals surface area contributed by atoms with Crippen molar-refractivity contribution >= 4 is 33.9 Å². The quantitative estimate of drug-likeness (QED) is 0.320. The molecular formula is C17H21BrN9O2+. The second-order valence-electron chi connectivity index (χ2n) is 6.16. The summed E-state index contributed by atoms with van der Waals surface area (Å²) in [7, 11) is 0. The minimum Gasteiger partial charge on any atom is -0.378 e. The Morgan fingerprint density at radius 3 is 2.83 bits per heavy atom. The lowest BCUT2D eigenvalue weighted by Crippen LogP contribution is -3.10. The van der Waals surface area contributed by atoms with Gasteiger partial charge in [-0.2, -0.15) is 9.78 Å². The van der Waals surface area contributed by atoms with E-state index in [0.717, 1.165) is 23.1 Å². The van der Waals surface area contributed by atoms with Gasteiger partial charge in [-0.15, -0.1) is 5.10 Å². The zero-order valence-corrected chi connectivity index (χ0v) is 17.5. The minimum atomic E-state index is -0.487. The van der Waals surface area contributed by atoms with E-state index in [2.05, 4.69) is 65.6 Å². The number of carbonyl (C=O) groups excluding carboxylic acids is 1. The first kappa shape index (κ1) is 20.6. The molecule has 3 aromatic rings. The molecule has 2 heterocycles. The number of rotatable bonds is 8. The Morgan fingerprint density at radius 2 is 2.17 bits per heavy atom. The molecule has 0 radical (unpaired) electrons. The van der Waals surface area contributed by atoms with Crippen LogP contribution in [0.4, 0.5) is 5.82 Å². The highest BCUT2D eigenvalue weighted by molar-refractivity contribution is 9.10. The zero-order chi connectivity index (χ0) is 20.8. The maximum absolute atomic E-state index is 12.7. The Kier molecular flexibility index (Phi) is 6.67. The number of amides is 1. The molecule has 11 nitrogen and oxygen atoms in total. The first-order valence-electron chi connectivity index (χ1n) is 8.99. The van der Waals surface area contributed by atoms with E-state index in [4.69, 9.17) is 5.73 Å². The first-order valence-corrected chi connectivity index (χ1v) is 9.78. The van der Waals surface area contributed by atoms with Crippen molar-refractivity contribution in [3.63, 3.8) is 0 Å². The number of hydrazone groups is 1. The number of anilines is 1. The van der Waals surface area contributed by atoms with Crippen LogP contribution in [0.2, 0.25) is 0 Å². The normalized spacial score (nSPS) is 11.4. The van der Waals surface area contributed by atoms with Gasteiger partial charge in [-0.1, -0.05) is 33.3 Å². The fourth-order valence-electron chi connectivity index (χ4n) is 2.69. The monoisotopic (exact) mass is 462 g/mol. The Hall–Kier alpha value is -3.12. The summed E-state index contributed by atoms with van der Waals surface area (Å²) in [6, 6.07) is 7.52. The number of hydrogen-bond donors (Lipinski definition) is 3. The van der Waals surface area contributed by atoms with Crippen molar-refractivity contribution < 1.29 is 14.3 Å². The van der Waals surface area contributed by atoms with E-state index in [0.29, 0.717) is 12.2 Å². The van der Waals surface area contributed by atoms with Gasteiger partial charge in [0.15, 0.2) is 5.69 Å². The molecule has 0 atom stereocenters. The van der Waals surface area contributed by atoms with Crippen LogP contribution in [0, 0.1) is 0 Å². The predicted octanol–water partition coefficient (Wildman–Crippen LogP) is 0.184. The third-order valence-electron chi connectivity index (χ3n) is 4.32. The van der Waals surface area contributed by atoms with Gasteiger partial charge in [0.1, 0.15) is 12.2 Å². The summed E-state index contributed by atoms with van der Waals surface area (Å²) < 4.78 is 6.95. The molecule has 0 bridgehead atoms. The number of quaternary nitrogens is 1. The standard InChI is InChI=1S/C17H20BrN9O2/c1-3-26(4-2)10-13-14(21-25-27(13)16-15(19)23-29-24-16)17(28)22-20-9-11-6-5-7-12(18)8-11/h5-9H,3-4,10H2,1-2H3,(H2,19,23)(H,22,28)/p+1. The van der Waals surface area contributed by atoms with Crippen LogP contribution in [0.1, 0.15) is 35.6 Å². The van der Waals surface area contributed by atoms with Crippen LogP contribution < -0.4 is 16.1 Å². The van der Waals surface area contributed by atoms with Crippen LogP contribution >= 0.6 is 15.9 Å². The lowest BCUT2D eigenvalue weighted by Gasteiger charge is -2.15. The molecule has 0 aliphatic carbocycles. The van der Waals surface area contributed by atoms with Crippen LogP contribution in [0.15, 0.2) is 38.5 Å². The van der Waals surface area contributed by atoms with E-state index >= 15 is 0 Å². The van der Waals surface area contributed by atoms with Crippen molar-refractivity contribution in [2.75, 3.05) is 18.8 Å². The topological polar surface area (TPSA) is 142 Å². The highest BCUT2D eigenvalue weighted by Crippen LogP contribution is 2.15. The molecule has 152 valence electrons. The van der Waals surface area contributed by atoms with Crippen LogP contribution in [-0.2, 0) is 6.54 Å². The number of carbonyl (C=O) groups is 1. The Balaban J connectivity index is 1.86. The highest BCUT2D eigenvalue weighted by atomic mass is 79.9. The molecule has 0 saturated heterocycles. The molecule has 1 amide bonds. The molecule has 3 rings (SSSR count). The maximum Gasteiger partial charge on any atom is 0.294 e. The summed E-state index contributed by atoms with van der Waals surface area (Å²) in [5.41, 5.74) is 9.79. The molecule has 0 spiro atoms. The lowest BCUT2D eigenvalue weighted by molar-refractivity contribution is -0.910. The van der Waals surface area contributed by atoms with E-state index in [-0.39, 0.29) is 17.3 Å². The Bertz CT molecular complexity index is 1010. The summed E-state index contributed by atoms with van der Waals surface area (Å²) in [5.74, 6) is -0.236. The van der Waals surface area contributed by atoms with Crippen molar-refractivity contribution in [1.29, 1.82) is 0 Å². The molecule has 0 fully saturated rings. The summed E-state index contributed by atoms with van der Waals surface area (Å²) >= 11 is 3.39. The first-order chi connectivity index (χ1) is 14.0. The summed E-state index contributed by atoms with van der Waals surface area (Å²) in [4.78, 5) is 13.9. The molecule has 0 saturated carbocycles. The summed E-state index contributed by atoms with van der Waals surface area (Å²) in [6.07, 6.45) is 1.54. The average Bonchev–Trinajstić information content (AvgIpc) is 3.31. The van der Waals surface area contributed by atoms with Crippen molar-refractivity contribution in [2.45, 2.75) is 20.4 Å². The fourth-order valence-corrected chi connectivity index (χ4v) is 3.10. The minimum absolute atomic E-state index is 0.0605. The largest absolute Gasteiger partial charge is 0.378 e. The van der Waals surface area contributed by atoms with E-state index in [1.165, 1.54) is 9.58 Å². The number of benzene rings is 1. The van der Waals surface area contributed by atoms with E-state index in [1.54, 1.807) is 6.21 Å². The van der Waals surface area contributed by atoms with Gasteiger partial charge in [0.2, 0.25) is 11.6 Å². The van der Waals surface area contributed by atoms with Crippen LogP contribution in [-0.4, -0.2) is 50.5 Å². The smallest absolute Gasteiger partial charge is 0.294 e. The molecule has 12 heteroatoms. The SMILES string of the molecule is CC[NH+](CC)Cc1c(C(=O)NN=Cc2cccc(Br)c2)nnn1-c1nonc1N. The predicted molar refractivity (Wildman–Crippen MR) is 109 cm³/mol. The second-order valence-corrected chi connectivity index (χ2v) is 7.07. The molecule has 29 heavy (non-hydrogen) atoms. The van der Waals surface area contributed by atoms with Gasteiger partial charge < -0.3 is 10.6 Å². The van der Waals surface area contributed by atoms with Crippen molar-refractivity contribution in [2.24, 2.45) is 5.10 Å². The molecular weight excluding hydrogens is 442 g/mol. The van der Waals surface area contributed by atoms with Gasteiger partial charge in [0, 0.05) is 4.47 Å².